The molecule has 2 rings (SSSR count). The summed E-state index contributed by atoms with van der Waals surface area (Å²) in [5, 5.41) is 0. The molecule has 0 saturated heterocycles. The molecule has 1 unspecified atom stereocenters. The Hall–Kier alpha value is -1.32. The van der Waals surface area contributed by atoms with E-state index in [1.165, 1.54) is 16.5 Å². The van der Waals surface area contributed by atoms with Crippen molar-refractivity contribution >= 4 is 11.8 Å². The second-order valence-electron chi connectivity index (χ2n) is 4.26. The third-order valence-corrected chi connectivity index (χ3v) is 3.84. The lowest BCUT2D eigenvalue weighted by atomic mass is 10.1. The molecule has 0 radical (unpaired) electrons. The second kappa shape index (κ2) is 6.03. The average Bonchev–Trinajstić information content (AvgIpc) is 2.37. The van der Waals surface area contributed by atoms with Crippen molar-refractivity contribution in [1.82, 2.24) is 0 Å². The molecule has 18 heavy (non-hydrogen) atoms. The first-order valence-corrected chi connectivity index (χ1v) is 6.85. The highest BCUT2D eigenvalue weighted by atomic mass is 32.2. The molecule has 0 heterocycles. The van der Waals surface area contributed by atoms with Crippen LogP contribution in [0.2, 0.25) is 0 Å². The van der Waals surface area contributed by atoms with Crippen LogP contribution in [0, 0.1) is 12.7 Å². The van der Waals surface area contributed by atoms with E-state index in [1.54, 1.807) is 23.9 Å². The lowest BCUT2D eigenvalue weighted by Gasteiger charge is -2.12. The fourth-order valence-corrected chi connectivity index (χ4v) is 2.75. The fourth-order valence-electron chi connectivity index (χ4n) is 1.76. The maximum Gasteiger partial charge on any atom is 0.128 e. The number of nitrogens with two attached hydrogens (primary N) is 1. The topological polar surface area (TPSA) is 26.0 Å². The lowest BCUT2D eigenvalue weighted by Crippen LogP contribution is -2.14. The number of benzene rings is 2. The Kier molecular flexibility index (Phi) is 4.39. The van der Waals surface area contributed by atoms with Crippen molar-refractivity contribution in [2.24, 2.45) is 5.73 Å². The van der Waals surface area contributed by atoms with Crippen LogP contribution < -0.4 is 5.73 Å². The van der Waals surface area contributed by atoms with Crippen LogP contribution in [0.25, 0.3) is 0 Å². The van der Waals surface area contributed by atoms with Gasteiger partial charge in [-0.3, -0.25) is 0 Å². The van der Waals surface area contributed by atoms with E-state index >= 15 is 0 Å². The Labute approximate surface area is 111 Å². The van der Waals surface area contributed by atoms with Crippen molar-refractivity contribution in [1.29, 1.82) is 0 Å². The Morgan fingerprint density at radius 2 is 1.94 bits per heavy atom. The predicted molar refractivity (Wildman–Crippen MR) is 75.2 cm³/mol. The summed E-state index contributed by atoms with van der Waals surface area (Å²) in [7, 11) is 0. The van der Waals surface area contributed by atoms with E-state index in [-0.39, 0.29) is 11.9 Å². The number of halogens is 1. The molecule has 2 N–H and O–H groups in total. The Morgan fingerprint density at radius 3 is 2.67 bits per heavy atom. The first-order chi connectivity index (χ1) is 8.66. The first kappa shape index (κ1) is 13.1. The number of hydrogen-bond donors (Lipinski definition) is 1. The van der Waals surface area contributed by atoms with Gasteiger partial charge in [-0.1, -0.05) is 35.9 Å². The number of thioether (sulfide) groups is 1. The van der Waals surface area contributed by atoms with Crippen molar-refractivity contribution in [3.63, 3.8) is 0 Å². The molecule has 0 amide bonds. The molecule has 0 aliphatic heterocycles. The molecule has 94 valence electrons. The minimum atomic E-state index is -0.281. The summed E-state index contributed by atoms with van der Waals surface area (Å²) in [5.41, 5.74) is 7.82. The van der Waals surface area contributed by atoms with Crippen LogP contribution in [-0.4, -0.2) is 5.75 Å². The molecule has 0 aromatic heterocycles. The van der Waals surface area contributed by atoms with Crippen LogP contribution >= 0.6 is 11.8 Å². The maximum absolute atomic E-state index is 13.5. The van der Waals surface area contributed by atoms with Crippen LogP contribution in [0.1, 0.15) is 17.2 Å². The molecular weight excluding hydrogens is 245 g/mol. The molecule has 2 aromatic carbocycles. The van der Waals surface area contributed by atoms with E-state index in [4.69, 9.17) is 5.73 Å². The molecule has 0 spiro atoms. The summed E-state index contributed by atoms with van der Waals surface area (Å²) in [4.78, 5) is 1.17. The van der Waals surface area contributed by atoms with Gasteiger partial charge in [0.05, 0.1) is 0 Å². The zero-order valence-corrected chi connectivity index (χ0v) is 11.1. The molecule has 0 aliphatic rings. The SMILES string of the molecule is Cc1cccc(SCC(N)c2ccccc2F)c1. The predicted octanol–water partition coefficient (Wildman–Crippen LogP) is 3.93. The molecule has 1 nitrogen and oxygen atoms in total. The molecular formula is C15H16FNS. The van der Waals surface area contributed by atoms with Gasteiger partial charge < -0.3 is 5.73 Å². The summed E-state index contributed by atoms with van der Waals surface area (Å²) in [6, 6.07) is 14.6. The highest BCUT2D eigenvalue weighted by molar-refractivity contribution is 7.99. The Bertz CT molecular complexity index is 527. The smallest absolute Gasteiger partial charge is 0.128 e. The minimum Gasteiger partial charge on any atom is -0.323 e. The molecule has 3 heteroatoms. The van der Waals surface area contributed by atoms with Gasteiger partial charge in [0.1, 0.15) is 5.82 Å². The van der Waals surface area contributed by atoms with Crippen molar-refractivity contribution in [2.45, 2.75) is 17.9 Å². The van der Waals surface area contributed by atoms with E-state index in [2.05, 4.69) is 19.1 Å². The number of hydrogen-bond acceptors (Lipinski definition) is 2. The fraction of sp³-hybridized carbons (Fsp3) is 0.200. The van der Waals surface area contributed by atoms with Crippen molar-refractivity contribution in [3.05, 3.63) is 65.5 Å². The normalized spacial score (nSPS) is 12.4. The largest absolute Gasteiger partial charge is 0.323 e. The maximum atomic E-state index is 13.5. The van der Waals surface area contributed by atoms with Crippen LogP contribution in [0.15, 0.2) is 53.4 Å². The zero-order chi connectivity index (χ0) is 13.0. The Morgan fingerprint density at radius 1 is 1.17 bits per heavy atom. The van der Waals surface area contributed by atoms with E-state index < -0.39 is 0 Å². The van der Waals surface area contributed by atoms with Gasteiger partial charge in [0.25, 0.3) is 0 Å². The number of rotatable bonds is 4. The van der Waals surface area contributed by atoms with Crippen LogP contribution in [0.5, 0.6) is 0 Å². The monoisotopic (exact) mass is 261 g/mol. The highest BCUT2D eigenvalue weighted by Crippen LogP contribution is 2.25. The van der Waals surface area contributed by atoms with E-state index in [0.29, 0.717) is 11.3 Å². The zero-order valence-electron chi connectivity index (χ0n) is 10.3. The van der Waals surface area contributed by atoms with Gasteiger partial charge in [-0.15, -0.1) is 11.8 Å². The van der Waals surface area contributed by atoms with Crippen LogP contribution in [0.3, 0.4) is 0 Å². The van der Waals surface area contributed by atoms with Gasteiger partial charge in [0, 0.05) is 22.3 Å². The third kappa shape index (κ3) is 3.34. The van der Waals surface area contributed by atoms with Gasteiger partial charge in [-0.25, -0.2) is 4.39 Å². The highest BCUT2D eigenvalue weighted by Gasteiger charge is 2.10. The summed E-state index contributed by atoms with van der Waals surface area (Å²) >= 11 is 1.65. The van der Waals surface area contributed by atoms with Gasteiger partial charge in [0.15, 0.2) is 0 Å². The molecule has 0 bridgehead atoms. The van der Waals surface area contributed by atoms with E-state index in [0.717, 1.165) is 0 Å². The average molecular weight is 261 g/mol. The first-order valence-electron chi connectivity index (χ1n) is 5.86. The molecule has 0 aliphatic carbocycles. The van der Waals surface area contributed by atoms with Crippen molar-refractivity contribution in [3.8, 4) is 0 Å². The van der Waals surface area contributed by atoms with Crippen molar-refractivity contribution in [2.75, 3.05) is 5.75 Å². The third-order valence-electron chi connectivity index (χ3n) is 2.72. The van der Waals surface area contributed by atoms with Crippen LogP contribution in [-0.2, 0) is 0 Å². The number of aryl methyl sites for hydroxylation is 1. The second-order valence-corrected chi connectivity index (χ2v) is 5.35. The quantitative estimate of drug-likeness (QED) is 0.844. The molecule has 2 aromatic rings. The Balaban J connectivity index is 2.00. The molecule has 0 fully saturated rings. The van der Waals surface area contributed by atoms with Gasteiger partial charge >= 0.3 is 0 Å². The standard InChI is InChI=1S/C15H16FNS/c1-11-5-4-6-12(9-11)18-10-15(17)13-7-2-3-8-14(13)16/h2-9,15H,10,17H2,1H3. The van der Waals surface area contributed by atoms with E-state index in [1.807, 2.05) is 18.2 Å². The molecule has 1 atom stereocenters. The van der Waals surface area contributed by atoms with Gasteiger partial charge in [0.2, 0.25) is 0 Å². The van der Waals surface area contributed by atoms with Crippen LogP contribution in [0.4, 0.5) is 4.39 Å². The summed E-state index contributed by atoms with van der Waals surface area (Å²) in [6.45, 7) is 2.06. The summed E-state index contributed by atoms with van der Waals surface area (Å²) in [6.07, 6.45) is 0. The summed E-state index contributed by atoms with van der Waals surface area (Å²) < 4.78 is 13.5. The van der Waals surface area contributed by atoms with Gasteiger partial charge in [-0.2, -0.15) is 0 Å². The lowest BCUT2D eigenvalue weighted by molar-refractivity contribution is 0.595. The minimum absolute atomic E-state index is 0.227. The van der Waals surface area contributed by atoms with Crippen molar-refractivity contribution < 1.29 is 4.39 Å². The van der Waals surface area contributed by atoms with E-state index in [9.17, 15) is 4.39 Å². The summed E-state index contributed by atoms with van der Waals surface area (Å²) in [5.74, 6) is 0.444. The molecule has 0 saturated carbocycles. The van der Waals surface area contributed by atoms with Gasteiger partial charge in [-0.05, 0) is 25.1 Å².